The van der Waals surface area contributed by atoms with Gasteiger partial charge in [0.25, 0.3) is 0 Å². The average molecular weight is 223 g/mol. The molecular weight excluding hydrogens is 214 g/mol. The molecule has 0 aliphatic heterocycles. The first-order valence-electron chi connectivity index (χ1n) is 2.90. The predicted octanol–water partition coefficient (Wildman–Crippen LogP) is 2.95. The topological polar surface area (TPSA) is 36.9 Å². The zero-order valence-electron chi connectivity index (χ0n) is 6.12. The van der Waals surface area contributed by atoms with Crippen molar-refractivity contribution in [1.29, 1.82) is 0 Å². The molecule has 0 rings (SSSR count). The van der Waals surface area contributed by atoms with E-state index >= 15 is 0 Å². The van der Waals surface area contributed by atoms with Gasteiger partial charge < -0.3 is 4.74 Å². The molecule has 0 heterocycles. The monoisotopic (exact) mass is 222 g/mol. The van der Waals surface area contributed by atoms with Crippen LogP contribution in [0.3, 0.4) is 0 Å². The zero-order valence-corrected chi connectivity index (χ0v) is 8.53. The summed E-state index contributed by atoms with van der Waals surface area (Å²) >= 11 is 9.90. The lowest BCUT2D eigenvalue weighted by molar-refractivity contribution is -0.0644. The van der Waals surface area contributed by atoms with Crippen molar-refractivity contribution in [2.24, 2.45) is 0 Å². The van der Waals surface area contributed by atoms with Crippen LogP contribution in [0.5, 0.6) is 0 Å². The third-order valence-electron chi connectivity index (χ3n) is 0.749. The largest absolute Gasteiger partial charge is 0.370 e. The molecule has 0 radical (unpaired) electrons. The molecule has 11 heavy (non-hydrogen) atoms. The van der Waals surface area contributed by atoms with Gasteiger partial charge in [-0.25, -0.2) is 0 Å². The summed E-state index contributed by atoms with van der Waals surface area (Å²) in [6, 6.07) is 0. The van der Waals surface area contributed by atoms with Gasteiger partial charge in [-0.3, -0.25) is 4.52 Å². The van der Waals surface area contributed by atoms with Crippen LogP contribution < -0.4 is 0 Å². The highest BCUT2D eigenvalue weighted by molar-refractivity contribution is 7.43. The van der Waals surface area contributed by atoms with E-state index in [0.29, 0.717) is 6.61 Å². The molecule has 1 unspecified atom stereocenters. The van der Waals surface area contributed by atoms with E-state index in [1.54, 1.807) is 6.92 Å². The van der Waals surface area contributed by atoms with Crippen LogP contribution in [0.15, 0.2) is 0 Å². The Labute approximate surface area is 77.0 Å². The maximum atomic E-state index is 4.99. The van der Waals surface area contributed by atoms with Crippen molar-refractivity contribution in [1.82, 2.24) is 0 Å². The molecule has 0 aliphatic rings. The molecule has 0 aliphatic carbocycles. The Morgan fingerprint density at radius 2 is 1.91 bits per heavy atom. The van der Waals surface area contributed by atoms with E-state index in [2.05, 4.69) is 8.15 Å². The second-order valence-electron chi connectivity index (χ2n) is 1.49. The van der Waals surface area contributed by atoms with Crippen molar-refractivity contribution in [3.8, 4) is 0 Å². The van der Waals surface area contributed by atoms with Crippen molar-refractivity contribution in [3.05, 3.63) is 0 Å². The summed E-state index contributed by atoms with van der Waals surface area (Å²) in [6.07, 6.45) is -0.441. The fraction of sp³-hybridized carbons (Fsp3) is 1.00. The Kier molecular flexibility index (Phi) is 8.08. The second-order valence-corrected chi connectivity index (χ2v) is 3.25. The summed E-state index contributed by atoms with van der Waals surface area (Å²) in [6.45, 7) is 4.06. The summed E-state index contributed by atoms with van der Waals surface area (Å²) in [5.41, 5.74) is 0. The Balaban J connectivity index is 3.44. The molecule has 1 atom stereocenters. The van der Waals surface area contributed by atoms with Crippen molar-refractivity contribution in [2.75, 3.05) is 6.61 Å². The second kappa shape index (κ2) is 7.50. The van der Waals surface area contributed by atoms with Crippen LogP contribution in [-0.4, -0.2) is 12.9 Å². The number of halogens is 2. The quantitative estimate of drug-likeness (QED) is 0.512. The molecule has 0 aromatic heterocycles. The van der Waals surface area contributed by atoms with Gasteiger partial charge in [0.2, 0.25) is 0 Å². The van der Waals surface area contributed by atoms with Gasteiger partial charge in [-0.15, -0.1) is 0 Å². The molecule has 0 bridgehead atoms. The first-order chi connectivity index (χ1) is 5.24. The van der Waals surface area contributed by atoms with E-state index in [0.717, 1.165) is 0 Å². The van der Waals surface area contributed by atoms with Gasteiger partial charge in [-0.1, -0.05) is 0 Å². The van der Waals surface area contributed by atoms with Crippen LogP contribution in [-0.2, 0) is 17.4 Å². The number of rotatable bonds is 6. The Morgan fingerprint density at radius 3 is 2.27 bits per heavy atom. The minimum Gasteiger partial charge on any atom is -0.353 e. The summed E-state index contributed by atoms with van der Waals surface area (Å²) < 4.78 is 18.3. The van der Waals surface area contributed by atoms with Crippen molar-refractivity contribution >= 4 is 32.3 Å². The van der Waals surface area contributed by atoms with Crippen LogP contribution >= 0.6 is 32.3 Å². The molecule has 0 aromatic rings. The van der Waals surface area contributed by atoms with Crippen molar-refractivity contribution < 1.29 is 17.4 Å². The van der Waals surface area contributed by atoms with Crippen LogP contribution in [0, 0.1) is 0 Å². The highest BCUT2D eigenvalue weighted by Gasteiger charge is 2.15. The Bertz CT molecular complexity index is 92.2. The lowest BCUT2D eigenvalue weighted by Gasteiger charge is -2.14. The maximum Gasteiger partial charge on any atom is 0.370 e. The van der Waals surface area contributed by atoms with Gasteiger partial charge >= 0.3 is 8.60 Å². The van der Waals surface area contributed by atoms with Crippen LogP contribution in [0.2, 0.25) is 0 Å². The Hall–Kier alpha value is 0.850. The highest BCUT2D eigenvalue weighted by atomic mass is 35.5. The minimum atomic E-state index is -1.70. The van der Waals surface area contributed by atoms with Crippen LogP contribution in [0.1, 0.15) is 13.8 Å². The first kappa shape index (κ1) is 11.8. The molecule has 0 spiro atoms. The zero-order chi connectivity index (χ0) is 8.69. The highest BCUT2D eigenvalue weighted by Crippen LogP contribution is 2.43. The predicted molar refractivity (Wildman–Crippen MR) is 43.0 cm³/mol. The number of hydrogen-bond acceptors (Lipinski definition) is 4. The summed E-state index contributed by atoms with van der Waals surface area (Å²) in [5.74, 6) is 0. The standard InChI is InChI=1S/C4H9Cl2O4P/c1-3-7-4(2)8-11(9-5)10-6/h4H,3H2,1-2H3. The lowest BCUT2D eigenvalue weighted by Crippen LogP contribution is -2.09. The fourth-order valence-corrected chi connectivity index (χ4v) is 1.27. The SMILES string of the molecule is CCOC(C)OP(OCl)OCl. The van der Waals surface area contributed by atoms with E-state index in [1.165, 1.54) is 0 Å². The molecule has 7 heteroatoms. The van der Waals surface area contributed by atoms with Gasteiger partial charge in [-0.05, 0) is 13.8 Å². The molecule has 4 nitrogen and oxygen atoms in total. The summed E-state index contributed by atoms with van der Waals surface area (Å²) in [5, 5.41) is 0. The van der Waals surface area contributed by atoms with Gasteiger partial charge in [-0.2, -0.15) is 8.15 Å². The third-order valence-corrected chi connectivity index (χ3v) is 2.12. The van der Waals surface area contributed by atoms with Crippen molar-refractivity contribution in [3.63, 3.8) is 0 Å². The number of hydrogen-bond donors (Lipinski definition) is 0. The molecule has 0 fully saturated rings. The van der Waals surface area contributed by atoms with E-state index < -0.39 is 14.9 Å². The van der Waals surface area contributed by atoms with Gasteiger partial charge in [0.15, 0.2) is 6.29 Å². The van der Waals surface area contributed by atoms with Gasteiger partial charge in [0.05, 0.1) is 23.7 Å². The minimum absolute atomic E-state index is 0.441. The van der Waals surface area contributed by atoms with Gasteiger partial charge in [0, 0.05) is 6.61 Å². The Morgan fingerprint density at radius 1 is 1.36 bits per heavy atom. The van der Waals surface area contributed by atoms with E-state index in [9.17, 15) is 0 Å². The van der Waals surface area contributed by atoms with Crippen molar-refractivity contribution in [2.45, 2.75) is 20.1 Å². The summed E-state index contributed by atoms with van der Waals surface area (Å²) in [4.78, 5) is 0. The van der Waals surface area contributed by atoms with E-state index in [4.69, 9.17) is 33.0 Å². The van der Waals surface area contributed by atoms with Crippen LogP contribution in [0.25, 0.3) is 0 Å². The molecule has 0 saturated carbocycles. The normalized spacial score (nSPS) is 13.9. The maximum absolute atomic E-state index is 4.99. The molecular formula is C4H9Cl2O4P. The third kappa shape index (κ3) is 6.05. The smallest absolute Gasteiger partial charge is 0.353 e. The molecule has 68 valence electrons. The van der Waals surface area contributed by atoms with E-state index in [1.807, 2.05) is 6.92 Å². The lowest BCUT2D eigenvalue weighted by atomic mass is 10.7. The average Bonchev–Trinajstić information content (AvgIpc) is 2.01. The molecule has 0 N–H and O–H groups in total. The number of ether oxygens (including phenoxy) is 1. The summed E-state index contributed by atoms with van der Waals surface area (Å²) in [7, 11) is -1.70. The van der Waals surface area contributed by atoms with E-state index in [-0.39, 0.29) is 0 Å². The molecule has 0 amide bonds. The van der Waals surface area contributed by atoms with Crippen LogP contribution in [0.4, 0.5) is 0 Å². The molecule has 0 aromatic carbocycles. The first-order valence-corrected chi connectivity index (χ1v) is 4.61. The van der Waals surface area contributed by atoms with Gasteiger partial charge in [0.1, 0.15) is 0 Å². The fourth-order valence-electron chi connectivity index (χ4n) is 0.430. The molecule has 0 saturated heterocycles.